The number of nitrogens with one attached hydrogen (secondary N) is 1. The molecule has 1 amide bonds. The molecule has 1 aliphatic rings. The standard InChI is InChI=1S/C19H28N4OS/c1-15-16(2)25-19(18-6-8-20-21-18)17(15)7-11-23(14-24)13-12-22-9-4-3-5-10-22/h6,8,14H,3-5,7,9-13H2,1-2H3,(H,20,21). The summed E-state index contributed by atoms with van der Waals surface area (Å²) in [5, 5.41) is 7.16. The summed E-state index contributed by atoms with van der Waals surface area (Å²) in [5.74, 6) is 0. The van der Waals surface area contributed by atoms with Crippen molar-refractivity contribution in [3.63, 3.8) is 0 Å². The highest BCUT2D eigenvalue weighted by atomic mass is 32.1. The molecule has 5 nitrogen and oxygen atoms in total. The zero-order valence-electron chi connectivity index (χ0n) is 15.3. The SMILES string of the molecule is Cc1sc(-c2ccn[nH]2)c(CCN(C=O)CCN2CCCCC2)c1C. The first kappa shape index (κ1) is 18.1. The van der Waals surface area contributed by atoms with Gasteiger partial charge in [-0.05, 0) is 63.4 Å². The summed E-state index contributed by atoms with van der Waals surface area (Å²) in [5.41, 5.74) is 3.76. The number of carbonyl (C=O) groups is 1. The molecule has 3 rings (SSSR count). The third-order valence-corrected chi connectivity index (χ3v) is 6.49. The van der Waals surface area contributed by atoms with Crippen LogP contribution in [-0.4, -0.2) is 59.1 Å². The number of likely N-dealkylation sites (tertiary alicyclic amines) is 1. The lowest BCUT2D eigenvalue weighted by atomic mass is 10.0. The van der Waals surface area contributed by atoms with Gasteiger partial charge in [-0.3, -0.25) is 9.89 Å². The van der Waals surface area contributed by atoms with Crippen LogP contribution in [-0.2, 0) is 11.2 Å². The number of hydrogen-bond donors (Lipinski definition) is 1. The summed E-state index contributed by atoms with van der Waals surface area (Å²) >= 11 is 1.81. The maximum Gasteiger partial charge on any atom is 0.209 e. The first-order valence-corrected chi connectivity index (χ1v) is 10.0. The number of aryl methyl sites for hydroxylation is 1. The highest BCUT2D eigenvalue weighted by Crippen LogP contribution is 2.35. The Bertz CT molecular complexity index is 674. The van der Waals surface area contributed by atoms with Gasteiger partial charge in [0.25, 0.3) is 0 Å². The topological polar surface area (TPSA) is 52.2 Å². The third-order valence-electron chi connectivity index (χ3n) is 5.21. The quantitative estimate of drug-likeness (QED) is 0.735. The summed E-state index contributed by atoms with van der Waals surface area (Å²) in [6, 6.07) is 2.02. The monoisotopic (exact) mass is 360 g/mol. The lowest BCUT2D eigenvalue weighted by Gasteiger charge is -2.28. The van der Waals surface area contributed by atoms with Gasteiger partial charge in [-0.2, -0.15) is 5.10 Å². The van der Waals surface area contributed by atoms with Crippen molar-refractivity contribution >= 4 is 17.7 Å². The molecule has 25 heavy (non-hydrogen) atoms. The van der Waals surface area contributed by atoms with Crippen molar-refractivity contribution in [1.29, 1.82) is 0 Å². The average molecular weight is 361 g/mol. The van der Waals surface area contributed by atoms with Crippen LogP contribution in [0.25, 0.3) is 10.6 Å². The van der Waals surface area contributed by atoms with Gasteiger partial charge < -0.3 is 9.80 Å². The zero-order chi connectivity index (χ0) is 17.6. The maximum atomic E-state index is 11.5. The molecule has 0 saturated carbocycles. The van der Waals surface area contributed by atoms with E-state index < -0.39 is 0 Å². The smallest absolute Gasteiger partial charge is 0.209 e. The molecule has 1 saturated heterocycles. The van der Waals surface area contributed by atoms with Crippen LogP contribution in [0.2, 0.25) is 0 Å². The minimum atomic E-state index is 0.773. The van der Waals surface area contributed by atoms with Crippen molar-refractivity contribution in [3.8, 4) is 10.6 Å². The molecular weight excluding hydrogens is 332 g/mol. The Hall–Kier alpha value is -1.66. The maximum absolute atomic E-state index is 11.5. The van der Waals surface area contributed by atoms with E-state index in [0.29, 0.717) is 0 Å². The molecule has 3 heterocycles. The number of nitrogens with zero attached hydrogens (tertiary/aromatic N) is 3. The molecule has 0 unspecified atom stereocenters. The van der Waals surface area contributed by atoms with Crippen molar-refractivity contribution in [2.75, 3.05) is 32.7 Å². The van der Waals surface area contributed by atoms with Gasteiger partial charge in [-0.15, -0.1) is 11.3 Å². The van der Waals surface area contributed by atoms with Gasteiger partial charge in [-0.1, -0.05) is 6.42 Å². The van der Waals surface area contributed by atoms with Gasteiger partial charge in [-0.25, -0.2) is 0 Å². The Labute approximate surface area is 154 Å². The number of amides is 1. The molecule has 0 bridgehead atoms. The molecule has 0 aliphatic carbocycles. The minimum absolute atomic E-state index is 0.773. The van der Waals surface area contributed by atoms with Crippen LogP contribution in [0.15, 0.2) is 12.3 Å². The van der Waals surface area contributed by atoms with Gasteiger partial charge in [0.1, 0.15) is 0 Å². The van der Waals surface area contributed by atoms with Crippen molar-refractivity contribution in [2.24, 2.45) is 0 Å². The Kier molecular flexibility index (Phi) is 6.26. The van der Waals surface area contributed by atoms with Crippen molar-refractivity contribution in [3.05, 3.63) is 28.3 Å². The Morgan fingerprint density at radius 2 is 2.08 bits per heavy atom. The van der Waals surface area contributed by atoms with Crippen LogP contribution in [0.4, 0.5) is 0 Å². The summed E-state index contributed by atoms with van der Waals surface area (Å²) in [6.45, 7) is 9.30. The van der Waals surface area contributed by atoms with Crippen LogP contribution in [0.1, 0.15) is 35.3 Å². The first-order valence-electron chi connectivity index (χ1n) is 9.19. The molecule has 1 N–H and O–H groups in total. The van der Waals surface area contributed by atoms with Crippen LogP contribution in [0, 0.1) is 13.8 Å². The molecular formula is C19H28N4OS. The molecule has 136 valence electrons. The second-order valence-corrected chi connectivity index (χ2v) is 8.08. The summed E-state index contributed by atoms with van der Waals surface area (Å²) in [6.07, 6.45) is 7.63. The highest BCUT2D eigenvalue weighted by Gasteiger charge is 2.17. The van der Waals surface area contributed by atoms with Gasteiger partial charge in [0.05, 0.1) is 10.6 Å². The molecule has 0 spiro atoms. The van der Waals surface area contributed by atoms with Crippen molar-refractivity contribution < 1.29 is 4.79 Å². The van der Waals surface area contributed by atoms with Gasteiger partial charge in [0.15, 0.2) is 0 Å². The van der Waals surface area contributed by atoms with Crippen molar-refractivity contribution in [1.82, 2.24) is 20.0 Å². The normalized spacial score (nSPS) is 15.4. The molecule has 1 fully saturated rings. The predicted molar refractivity (Wildman–Crippen MR) is 103 cm³/mol. The van der Waals surface area contributed by atoms with Crippen LogP contribution in [0.5, 0.6) is 0 Å². The van der Waals surface area contributed by atoms with E-state index in [-0.39, 0.29) is 0 Å². The van der Waals surface area contributed by atoms with Gasteiger partial charge in [0.2, 0.25) is 6.41 Å². The summed E-state index contributed by atoms with van der Waals surface area (Å²) in [7, 11) is 0. The van der Waals surface area contributed by atoms with Gasteiger partial charge in [0, 0.05) is 30.7 Å². The number of piperidine rings is 1. The molecule has 0 atom stereocenters. The fraction of sp³-hybridized carbons (Fsp3) is 0.579. The number of aromatic amines is 1. The third kappa shape index (κ3) is 4.50. The highest BCUT2D eigenvalue weighted by molar-refractivity contribution is 7.15. The molecule has 1 aliphatic heterocycles. The largest absolute Gasteiger partial charge is 0.344 e. The lowest BCUT2D eigenvalue weighted by Crippen LogP contribution is -2.38. The average Bonchev–Trinajstić information content (AvgIpc) is 3.26. The van der Waals surface area contributed by atoms with E-state index in [1.165, 1.54) is 53.2 Å². The second-order valence-electron chi connectivity index (χ2n) is 6.85. The minimum Gasteiger partial charge on any atom is -0.344 e. The molecule has 2 aromatic rings. The van der Waals surface area contributed by atoms with E-state index in [4.69, 9.17) is 0 Å². The number of carbonyl (C=O) groups excluding carboxylic acids is 1. The summed E-state index contributed by atoms with van der Waals surface area (Å²) in [4.78, 5) is 18.5. The number of H-pyrrole nitrogens is 1. The van der Waals surface area contributed by atoms with Crippen LogP contribution < -0.4 is 0 Å². The van der Waals surface area contributed by atoms with E-state index in [1.54, 1.807) is 6.20 Å². The fourth-order valence-corrected chi connectivity index (χ4v) is 4.68. The number of rotatable bonds is 8. The Balaban J connectivity index is 1.60. The van der Waals surface area contributed by atoms with E-state index in [1.807, 2.05) is 22.3 Å². The fourth-order valence-electron chi connectivity index (χ4n) is 3.50. The van der Waals surface area contributed by atoms with E-state index >= 15 is 0 Å². The number of aromatic nitrogens is 2. The molecule has 0 aromatic carbocycles. The second kappa shape index (κ2) is 8.63. The van der Waals surface area contributed by atoms with E-state index in [0.717, 1.165) is 38.2 Å². The Morgan fingerprint density at radius 3 is 2.76 bits per heavy atom. The van der Waals surface area contributed by atoms with Crippen LogP contribution in [0.3, 0.4) is 0 Å². The number of thiophene rings is 1. The van der Waals surface area contributed by atoms with E-state index in [2.05, 4.69) is 28.9 Å². The first-order chi connectivity index (χ1) is 12.2. The Morgan fingerprint density at radius 1 is 1.28 bits per heavy atom. The van der Waals surface area contributed by atoms with Crippen molar-refractivity contribution in [2.45, 2.75) is 39.5 Å². The van der Waals surface area contributed by atoms with E-state index in [9.17, 15) is 4.79 Å². The van der Waals surface area contributed by atoms with Crippen LogP contribution >= 0.6 is 11.3 Å². The molecule has 2 aromatic heterocycles. The summed E-state index contributed by atoms with van der Waals surface area (Å²) < 4.78 is 0. The van der Waals surface area contributed by atoms with Gasteiger partial charge >= 0.3 is 0 Å². The number of hydrogen-bond acceptors (Lipinski definition) is 4. The molecule has 0 radical (unpaired) electrons. The predicted octanol–water partition coefficient (Wildman–Crippen LogP) is 3.24. The lowest BCUT2D eigenvalue weighted by molar-refractivity contribution is -0.118. The zero-order valence-corrected chi connectivity index (χ0v) is 16.1. The molecule has 6 heteroatoms.